The van der Waals surface area contributed by atoms with Crippen molar-refractivity contribution in [3.8, 4) is 17.2 Å². The Morgan fingerprint density at radius 1 is 0.840 bits per heavy atom. The molecular formula is C21H15NO3. The van der Waals surface area contributed by atoms with Gasteiger partial charge >= 0.3 is 0 Å². The van der Waals surface area contributed by atoms with Gasteiger partial charge in [-0.1, -0.05) is 54.6 Å². The first-order valence-electron chi connectivity index (χ1n) is 7.97. The Hall–Kier alpha value is -3.40. The van der Waals surface area contributed by atoms with Crippen molar-refractivity contribution >= 4 is 11.0 Å². The molecule has 0 saturated carbocycles. The van der Waals surface area contributed by atoms with E-state index < -0.39 is 0 Å². The average molecular weight is 329 g/mol. The predicted octanol–water partition coefficient (Wildman–Crippen LogP) is 4.43. The number of aromatic nitrogens is 1. The van der Waals surface area contributed by atoms with Crippen LogP contribution in [0.5, 0.6) is 5.75 Å². The smallest absolute Gasteiger partial charge is 0.284 e. The summed E-state index contributed by atoms with van der Waals surface area (Å²) in [5.74, 6) is 0.879. The Balaban J connectivity index is 1.72. The molecule has 0 unspecified atom stereocenters. The normalized spacial score (nSPS) is 10.7. The van der Waals surface area contributed by atoms with Gasteiger partial charge < -0.3 is 9.15 Å². The third kappa shape index (κ3) is 3.15. The van der Waals surface area contributed by atoms with Gasteiger partial charge in [0.1, 0.15) is 17.9 Å². The van der Waals surface area contributed by atoms with Gasteiger partial charge in [0.25, 0.3) is 5.56 Å². The summed E-state index contributed by atoms with van der Waals surface area (Å²) in [5.41, 5.74) is 1.91. The van der Waals surface area contributed by atoms with Gasteiger partial charge in [0.05, 0.1) is 10.9 Å². The molecule has 0 amide bonds. The first kappa shape index (κ1) is 15.1. The van der Waals surface area contributed by atoms with E-state index in [-0.39, 0.29) is 11.4 Å². The molecule has 0 aliphatic heterocycles. The summed E-state index contributed by atoms with van der Waals surface area (Å²) in [7, 11) is 0. The summed E-state index contributed by atoms with van der Waals surface area (Å²) in [6.45, 7) is 0.426. The Bertz CT molecular complexity index is 1070. The molecule has 4 aromatic rings. The van der Waals surface area contributed by atoms with E-state index in [0.29, 0.717) is 28.9 Å². The molecule has 4 heteroatoms. The number of hydrogen-bond acceptors (Lipinski definition) is 4. The number of para-hydroxylation sites is 2. The lowest BCUT2D eigenvalue weighted by molar-refractivity contribution is 0.306. The van der Waals surface area contributed by atoms with Crippen LogP contribution >= 0.6 is 0 Å². The third-order valence-corrected chi connectivity index (χ3v) is 3.88. The van der Waals surface area contributed by atoms with Crippen molar-refractivity contribution in [3.05, 3.63) is 94.8 Å². The summed E-state index contributed by atoms with van der Waals surface area (Å²) in [5, 5.41) is 0.467. The van der Waals surface area contributed by atoms with Crippen LogP contribution in [0, 0.1) is 0 Å². The molecule has 0 atom stereocenters. The van der Waals surface area contributed by atoms with Gasteiger partial charge in [-0.3, -0.25) is 4.79 Å². The standard InChI is InChI=1S/C21H15NO3/c23-20-16-10-4-7-13-19(16)25-21(22-20)17-11-5-6-12-18(17)24-14-15-8-2-1-3-9-15/h1-13H,14H2. The fourth-order valence-corrected chi connectivity index (χ4v) is 2.63. The van der Waals surface area contributed by atoms with E-state index in [4.69, 9.17) is 9.15 Å². The van der Waals surface area contributed by atoms with E-state index in [1.54, 1.807) is 18.2 Å². The van der Waals surface area contributed by atoms with Crippen molar-refractivity contribution in [1.29, 1.82) is 0 Å². The highest BCUT2D eigenvalue weighted by Gasteiger charge is 2.13. The maximum atomic E-state index is 12.3. The molecule has 25 heavy (non-hydrogen) atoms. The Labute approximate surface area is 144 Å². The van der Waals surface area contributed by atoms with Gasteiger partial charge in [-0.25, -0.2) is 0 Å². The number of hydrogen-bond donors (Lipinski definition) is 0. The SMILES string of the molecule is O=c1nc(-c2ccccc2OCc2ccccc2)oc2ccccc12. The Morgan fingerprint density at radius 3 is 2.44 bits per heavy atom. The van der Waals surface area contributed by atoms with Crippen LogP contribution in [0.2, 0.25) is 0 Å². The van der Waals surface area contributed by atoms with Gasteiger partial charge in [-0.15, -0.1) is 0 Å². The number of benzene rings is 3. The zero-order valence-corrected chi connectivity index (χ0v) is 13.4. The minimum atomic E-state index is -0.310. The largest absolute Gasteiger partial charge is 0.488 e. The molecule has 0 N–H and O–H groups in total. The minimum Gasteiger partial charge on any atom is -0.488 e. The fraction of sp³-hybridized carbons (Fsp3) is 0.0476. The topological polar surface area (TPSA) is 52.3 Å². The molecule has 0 radical (unpaired) electrons. The molecule has 0 aliphatic rings. The Morgan fingerprint density at radius 2 is 1.56 bits per heavy atom. The van der Waals surface area contributed by atoms with Gasteiger partial charge in [0.2, 0.25) is 5.89 Å². The van der Waals surface area contributed by atoms with Crippen molar-refractivity contribution < 1.29 is 9.15 Å². The predicted molar refractivity (Wildman–Crippen MR) is 96.5 cm³/mol. The van der Waals surface area contributed by atoms with Crippen molar-refractivity contribution in [2.45, 2.75) is 6.61 Å². The molecule has 0 saturated heterocycles. The summed E-state index contributed by atoms with van der Waals surface area (Å²) in [6.07, 6.45) is 0. The molecule has 1 aromatic heterocycles. The first-order chi connectivity index (χ1) is 12.3. The second-order valence-corrected chi connectivity index (χ2v) is 5.59. The number of ether oxygens (including phenoxy) is 1. The lowest BCUT2D eigenvalue weighted by Crippen LogP contribution is -2.07. The van der Waals surface area contributed by atoms with E-state index in [0.717, 1.165) is 5.56 Å². The monoisotopic (exact) mass is 329 g/mol. The zero-order valence-electron chi connectivity index (χ0n) is 13.4. The van der Waals surface area contributed by atoms with Crippen LogP contribution in [0.25, 0.3) is 22.4 Å². The number of rotatable bonds is 4. The maximum Gasteiger partial charge on any atom is 0.284 e. The molecule has 4 rings (SSSR count). The van der Waals surface area contributed by atoms with Gasteiger partial charge in [-0.05, 0) is 29.8 Å². The molecule has 0 fully saturated rings. The van der Waals surface area contributed by atoms with Crippen molar-refractivity contribution in [2.75, 3.05) is 0 Å². The van der Waals surface area contributed by atoms with Crippen molar-refractivity contribution in [2.24, 2.45) is 0 Å². The van der Waals surface area contributed by atoms with Gasteiger partial charge in [0.15, 0.2) is 0 Å². The summed E-state index contributed by atoms with van der Waals surface area (Å²) in [6, 6.07) is 24.4. The molecule has 122 valence electrons. The highest BCUT2D eigenvalue weighted by molar-refractivity contribution is 5.77. The minimum absolute atomic E-state index is 0.257. The lowest BCUT2D eigenvalue weighted by Gasteiger charge is -2.10. The number of nitrogens with zero attached hydrogens (tertiary/aromatic N) is 1. The average Bonchev–Trinajstić information content (AvgIpc) is 2.67. The lowest BCUT2D eigenvalue weighted by atomic mass is 10.2. The van der Waals surface area contributed by atoms with Crippen molar-refractivity contribution in [1.82, 2.24) is 4.98 Å². The molecule has 1 heterocycles. The fourth-order valence-electron chi connectivity index (χ4n) is 2.63. The summed E-state index contributed by atoms with van der Waals surface area (Å²) in [4.78, 5) is 16.3. The molecule has 0 spiro atoms. The molecular weight excluding hydrogens is 314 g/mol. The second-order valence-electron chi connectivity index (χ2n) is 5.59. The van der Waals surface area contributed by atoms with Crippen LogP contribution in [0.15, 0.2) is 88.1 Å². The van der Waals surface area contributed by atoms with Crippen LogP contribution in [0.4, 0.5) is 0 Å². The van der Waals surface area contributed by atoms with E-state index >= 15 is 0 Å². The highest BCUT2D eigenvalue weighted by Crippen LogP contribution is 2.29. The first-order valence-corrected chi connectivity index (χ1v) is 7.97. The van der Waals surface area contributed by atoms with E-state index in [1.807, 2.05) is 60.7 Å². The maximum absolute atomic E-state index is 12.3. The van der Waals surface area contributed by atoms with Crippen LogP contribution < -0.4 is 10.3 Å². The molecule has 0 aliphatic carbocycles. The van der Waals surface area contributed by atoms with Crippen LogP contribution in [-0.4, -0.2) is 4.98 Å². The van der Waals surface area contributed by atoms with E-state index in [2.05, 4.69) is 4.98 Å². The van der Waals surface area contributed by atoms with Gasteiger partial charge in [0, 0.05) is 0 Å². The van der Waals surface area contributed by atoms with Gasteiger partial charge in [-0.2, -0.15) is 4.98 Å². The zero-order chi connectivity index (χ0) is 17.1. The number of fused-ring (bicyclic) bond motifs is 1. The van der Waals surface area contributed by atoms with Crippen molar-refractivity contribution in [3.63, 3.8) is 0 Å². The molecule has 4 nitrogen and oxygen atoms in total. The summed E-state index contributed by atoms with van der Waals surface area (Å²) < 4.78 is 11.8. The van der Waals surface area contributed by atoms with E-state index in [1.165, 1.54) is 0 Å². The highest BCUT2D eigenvalue weighted by atomic mass is 16.5. The van der Waals surface area contributed by atoms with E-state index in [9.17, 15) is 4.79 Å². The quantitative estimate of drug-likeness (QED) is 0.555. The summed E-state index contributed by atoms with van der Waals surface area (Å²) >= 11 is 0. The van der Waals surface area contributed by atoms with Crippen LogP contribution in [0.3, 0.4) is 0 Å². The van der Waals surface area contributed by atoms with Crippen LogP contribution in [-0.2, 0) is 6.61 Å². The molecule has 3 aromatic carbocycles. The third-order valence-electron chi connectivity index (χ3n) is 3.88. The second kappa shape index (κ2) is 6.61. The molecule has 0 bridgehead atoms. The Kier molecular flexibility index (Phi) is 4.01. The van der Waals surface area contributed by atoms with Crippen LogP contribution in [0.1, 0.15) is 5.56 Å².